The molecule has 0 aliphatic heterocycles. The number of esters is 1. The number of carboxylic acids is 1. The Morgan fingerprint density at radius 2 is 1.80 bits per heavy atom. The van der Waals surface area contributed by atoms with Crippen LogP contribution in [0.2, 0.25) is 0 Å². The van der Waals surface area contributed by atoms with Gasteiger partial charge in [0.25, 0.3) is 0 Å². The summed E-state index contributed by atoms with van der Waals surface area (Å²) in [4.78, 5) is 29.8. The van der Waals surface area contributed by atoms with Gasteiger partial charge in [-0.3, -0.25) is 4.99 Å². The van der Waals surface area contributed by atoms with Crippen LogP contribution in [0.4, 0.5) is 0 Å². The minimum atomic E-state index is -1.32. The van der Waals surface area contributed by atoms with Crippen LogP contribution in [0, 0.1) is 0 Å². The van der Waals surface area contributed by atoms with Gasteiger partial charge in [-0.25, -0.2) is 9.59 Å². The van der Waals surface area contributed by atoms with Gasteiger partial charge in [-0.15, -0.1) is 0 Å². The third-order valence-corrected chi connectivity index (χ3v) is 4.45. The number of aliphatic imine (C=N–C) groups is 1. The van der Waals surface area contributed by atoms with Crippen molar-refractivity contribution in [1.29, 1.82) is 0 Å². The molecule has 30 heavy (non-hydrogen) atoms. The number of nitrogens with zero attached hydrogens (tertiary/aromatic N) is 1. The van der Waals surface area contributed by atoms with E-state index in [0.717, 1.165) is 6.08 Å². The number of aromatic nitrogens is 1. The number of nitrogens with one attached hydrogen (secondary N) is 1. The molecule has 10 heteroatoms. The standard InChI is InChI=1S/C20H22N2O8/c1-30-17(27)5-4-13-18(16(6-21-10-26)22-19(13)20(28)29)12-3-2-11(7-23)14(8-24)15(12)9-25/h2-6,22-26H,7-10H2,1H3,(H,28,29)/b5-4+,21-6+. The largest absolute Gasteiger partial charge is 0.477 e. The number of aliphatic hydroxyl groups excluding tert-OH is 4. The number of aromatic carboxylic acids is 1. The lowest BCUT2D eigenvalue weighted by Crippen LogP contribution is -2.04. The Morgan fingerprint density at radius 1 is 1.10 bits per heavy atom. The number of hydrogen-bond donors (Lipinski definition) is 6. The van der Waals surface area contributed by atoms with E-state index in [-0.39, 0.29) is 34.7 Å². The summed E-state index contributed by atoms with van der Waals surface area (Å²) in [5, 5.41) is 47.9. The van der Waals surface area contributed by atoms with E-state index in [1.807, 2.05) is 0 Å². The number of aromatic amines is 1. The molecule has 0 radical (unpaired) electrons. The normalized spacial score (nSPS) is 11.5. The monoisotopic (exact) mass is 418 g/mol. The second-order valence-corrected chi connectivity index (χ2v) is 6.02. The summed E-state index contributed by atoms with van der Waals surface area (Å²) in [5.41, 5.74) is 1.62. The first-order valence-electron chi connectivity index (χ1n) is 8.75. The molecule has 0 saturated heterocycles. The lowest BCUT2D eigenvalue weighted by Gasteiger charge is -2.16. The Kier molecular flexibility index (Phi) is 8.01. The Bertz CT molecular complexity index is 991. The van der Waals surface area contributed by atoms with Gasteiger partial charge in [0.05, 0.1) is 32.6 Å². The summed E-state index contributed by atoms with van der Waals surface area (Å²) in [7, 11) is 1.17. The second-order valence-electron chi connectivity index (χ2n) is 6.02. The van der Waals surface area contributed by atoms with Crippen molar-refractivity contribution in [3.05, 3.63) is 51.9 Å². The first-order chi connectivity index (χ1) is 14.4. The van der Waals surface area contributed by atoms with Gasteiger partial charge < -0.3 is 35.3 Å². The lowest BCUT2D eigenvalue weighted by atomic mass is 9.90. The van der Waals surface area contributed by atoms with E-state index >= 15 is 0 Å². The summed E-state index contributed by atoms with van der Waals surface area (Å²) in [6.45, 7) is -1.90. The van der Waals surface area contributed by atoms with Crippen molar-refractivity contribution in [3.8, 4) is 11.1 Å². The fourth-order valence-electron chi connectivity index (χ4n) is 3.11. The van der Waals surface area contributed by atoms with Gasteiger partial charge in [-0.05, 0) is 28.3 Å². The molecule has 0 aliphatic rings. The number of methoxy groups -OCH3 is 1. The first kappa shape index (κ1) is 23.0. The highest BCUT2D eigenvalue weighted by atomic mass is 16.5. The zero-order chi connectivity index (χ0) is 22.3. The van der Waals surface area contributed by atoms with Crippen LogP contribution in [0.15, 0.2) is 23.2 Å². The van der Waals surface area contributed by atoms with Gasteiger partial charge in [0.15, 0.2) is 0 Å². The summed E-state index contributed by atoms with van der Waals surface area (Å²) in [5.74, 6) is -2.03. The van der Waals surface area contributed by atoms with E-state index in [9.17, 15) is 30.0 Å². The molecule has 1 heterocycles. The molecule has 10 nitrogen and oxygen atoms in total. The summed E-state index contributed by atoms with van der Waals surface area (Å²) >= 11 is 0. The van der Waals surface area contributed by atoms with E-state index < -0.39 is 31.9 Å². The van der Waals surface area contributed by atoms with Crippen LogP contribution >= 0.6 is 0 Å². The molecule has 0 aliphatic carbocycles. The zero-order valence-corrected chi connectivity index (χ0v) is 16.1. The molecule has 0 saturated carbocycles. The van der Waals surface area contributed by atoms with Crippen LogP contribution in [-0.4, -0.2) is 62.5 Å². The predicted octanol–water partition coefficient (Wildman–Crippen LogP) is 0.412. The van der Waals surface area contributed by atoms with E-state index in [4.69, 9.17) is 5.11 Å². The van der Waals surface area contributed by atoms with Gasteiger partial charge in [0.1, 0.15) is 12.4 Å². The SMILES string of the molecule is COC(=O)/C=C/c1c(C(=O)O)[nH]c(/C=N/CO)c1-c1ccc(CO)c(CO)c1CO. The topological polar surface area (TPSA) is 173 Å². The average molecular weight is 418 g/mol. The molecule has 0 atom stereocenters. The maximum Gasteiger partial charge on any atom is 0.352 e. The van der Waals surface area contributed by atoms with Gasteiger partial charge in [-0.2, -0.15) is 0 Å². The molecular weight excluding hydrogens is 396 g/mol. The molecule has 160 valence electrons. The summed E-state index contributed by atoms with van der Waals surface area (Å²) in [6.07, 6.45) is 3.51. The Balaban J connectivity index is 2.92. The van der Waals surface area contributed by atoms with E-state index in [0.29, 0.717) is 16.7 Å². The number of carbonyl (C=O) groups is 2. The van der Waals surface area contributed by atoms with Crippen molar-refractivity contribution in [1.82, 2.24) is 4.98 Å². The third kappa shape index (κ3) is 4.63. The lowest BCUT2D eigenvalue weighted by molar-refractivity contribution is -0.134. The number of benzene rings is 1. The van der Waals surface area contributed by atoms with Gasteiger partial charge in [0.2, 0.25) is 0 Å². The third-order valence-electron chi connectivity index (χ3n) is 4.45. The second kappa shape index (κ2) is 10.5. The first-order valence-corrected chi connectivity index (χ1v) is 8.75. The molecule has 1 aromatic carbocycles. The molecule has 0 bridgehead atoms. The number of ether oxygens (including phenoxy) is 1. The van der Waals surface area contributed by atoms with Crippen LogP contribution in [-0.2, 0) is 29.4 Å². The van der Waals surface area contributed by atoms with Crippen LogP contribution in [0.1, 0.15) is 38.4 Å². The minimum absolute atomic E-state index is 0.0997. The van der Waals surface area contributed by atoms with Crippen LogP contribution in [0.3, 0.4) is 0 Å². The fraction of sp³-hybridized carbons (Fsp3) is 0.250. The number of H-pyrrole nitrogens is 1. The predicted molar refractivity (Wildman–Crippen MR) is 107 cm³/mol. The summed E-state index contributed by atoms with van der Waals surface area (Å²) in [6, 6.07) is 3.09. The van der Waals surface area contributed by atoms with Crippen molar-refractivity contribution in [2.45, 2.75) is 19.8 Å². The Labute approximate surface area is 171 Å². The van der Waals surface area contributed by atoms with Crippen molar-refractivity contribution >= 4 is 24.2 Å². The van der Waals surface area contributed by atoms with Crippen molar-refractivity contribution in [3.63, 3.8) is 0 Å². The number of rotatable bonds is 9. The molecule has 6 N–H and O–H groups in total. The molecule has 0 fully saturated rings. The quantitative estimate of drug-likeness (QED) is 0.193. The maximum absolute atomic E-state index is 11.8. The minimum Gasteiger partial charge on any atom is -0.477 e. The molecule has 2 aromatic rings. The number of hydrogen-bond acceptors (Lipinski definition) is 8. The molecule has 0 amide bonds. The molecule has 0 unspecified atom stereocenters. The number of carboxylic acid groups (broad SMARTS) is 1. The van der Waals surface area contributed by atoms with Crippen molar-refractivity contribution in [2.75, 3.05) is 13.8 Å². The Hall–Kier alpha value is -3.31. The van der Waals surface area contributed by atoms with Gasteiger partial charge >= 0.3 is 11.9 Å². The summed E-state index contributed by atoms with van der Waals surface area (Å²) < 4.78 is 4.56. The Morgan fingerprint density at radius 3 is 2.33 bits per heavy atom. The van der Waals surface area contributed by atoms with Crippen molar-refractivity contribution in [2.24, 2.45) is 4.99 Å². The highest BCUT2D eigenvalue weighted by Gasteiger charge is 2.24. The molecule has 2 rings (SSSR count). The van der Waals surface area contributed by atoms with E-state index in [1.165, 1.54) is 25.5 Å². The van der Waals surface area contributed by atoms with E-state index in [2.05, 4.69) is 14.7 Å². The highest BCUT2D eigenvalue weighted by molar-refractivity contribution is 6.03. The number of aliphatic hydroxyl groups is 4. The van der Waals surface area contributed by atoms with E-state index in [1.54, 1.807) is 6.07 Å². The zero-order valence-electron chi connectivity index (χ0n) is 16.1. The number of carbonyl (C=O) groups excluding carboxylic acids is 1. The van der Waals surface area contributed by atoms with Gasteiger partial charge in [0, 0.05) is 23.4 Å². The smallest absolute Gasteiger partial charge is 0.352 e. The molecule has 1 aromatic heterocycles. The van der Waals surface area contributed by atoms with Gasteiger partial charge in [-0.1, -0.05) is 12.1 Å². The fourth-order valence-corrected chi connectivity index (χ4v) is 3.11. The molecule has 0 spiro atoms. The maximum atomic E-state index is 11.8. The van der Waals surface area contributed by atoms with Crippen molar-refractivity contribution < 1.29 is 39.9 Å². The van der Waals surface area contributed by atoms with Crippen LogP contribution in [0.25, 0.3) is 17.2 Å². The van der Waals surface area contributed by atoms with Crippen LogP contribution in [0.5, 0.6) is 0 Å². The average Bonchev–Trinajstić information content (AvgIpc) is 3.12. The highest BCUT2D eigenvalue weighted by Crippen LogP contribution is 2.36. The molecular formula is C20H22N2O8. The van der Waals surface area contributed by atoms with Crippen LogP contribution < -0.4 is 0 Å².